The van der Waals surface area contributed by atoms with Crippen molar-refractivity contribution >= 4 is 35.7 Å². The fourth-order valence-corrected chi connectivity index (χ4v) is 3.57. The summed E-state index contributed by atoms with van der Waals surface area (Å²) in [5, 5.41) is 8.64. The van der Waals surface area contributed by atoms with Gasteiger partial charge in [-0.25, -0.2) is 4.79 Å². The third kappa shape index (κ3) is 7.07. The summed E-state index contributed by atoms with van der Waals surface area (Å²) in [5.41, 5.74) is 9.40. The van der Waals surface area contributed by atoms with Crippen molar-refractivity contribution in [1.82, 2.24) is 5.32 Å². The van der Waals surface area contributed by atoms with Crippen LogP contribution in [0.1, 0.15) is 36.8 Å². The van der Waals surface area contributed by atoms with Crippen LogP contribution in [0.25, 0.3) is 0 Å². The van der Waals surface area contributed by atoms with Gasteiger partial charge in [-0.1, -0.05) is 30.7 Å². The maximum atomic E-state index is 12.4. The van der Waals surface area contributed by atoms with E-state index < -0.39 is 0 Å². The number of hydrogen-bond acceptors (Lipinski definition) is 3. The van der Waals surface area contributed by atoms with E-state index in [9.17, 15) is 9.59 Å². The highest BCUT2D eigenvalue weighted by Gasteiger charge is 2.24. The first-order valence-electron chi connectivity index (χ1n) is 9.76. The summed E-state index contributed by atoms with van der Waals surface area (Å²) in [5.74, 6) is 0.0656. The highest BCUT2D eigenvalue weighted by atomic mass is 35.5. The summed E-state index contributed by atoms with van der Waals surface area (Å²) >= 11 is 0. The minimum atomic E-state index is -0.303. The molecule has 156 valence electrons. The lowest BCUT2D eigenvalue weighted by atomic mass is 9.85. The van der Waals surface area contributed by atoms with Gasteiger partial charge in [-0.15, -0.1) is 12.4 Å². The SMILES string of the molecule is Cc1cccc(NC(=O)Nc2cccc(CNC(=O)C3CCCC(N)C3)c2)c1.Cl. The van der Waals surface area contributed by atoms with Crippen LogP contribution >= 0.6 is 12.4 Å². The first-order chi connectivity index (χ1) is 13.5. The number of nitrogens with one attached hydrogen (secondary N) is 3. The molecule has 2 aromatic carbocycles. The van der Waals surface area contributed by atoms with Crippen molar-refractivity contribution in [2.45, 2.75) is 45.2 Å². The van der Waals surface area contributed by atoms with Gasteiger partial charge in [0, 0.05) is 29.9 Å². The van der Waals surface area contributed by atoms with Gasteiger partial charge in [-0.3, -0.25) is 4.79 Å². The van der Waals surface area contributed by atoms with Crippen LogP contribution in [0.3, 0.4) is 0 Å². The van der Waals surface area contributed by atoms with Crippen molar-refractivity contribution in [2.75, 3.05) is 10.6 Å². The van der Waals surface area contributed by atoms with E-state index in [1.165, 1.54) is 0 Å². The van der Waals surface area contributed by atoms with E-state index in [1.54, 1.807) is 0 Å². The van der Waals surface area contributed by atoms with Crippen LogP contribution in [-0.2, 0) is 11.3 Å². The molecule has 6 nitrogen and oxygen atoms in total. The average molecular weight is 417 g/mol. The fraction of sp³-hybridized carbons (Fsp3) is 0.364. The van der Waals surface area contributed by atoms with Crippen molar-refractivity contribution < 1.29 is 9.59 Å². The zero-order chi connectivity index (χ0) is 19.9. The molecule has 29 heavy (non-hydrogen) atoms. The number of rotatable bonds is 5. The van der Waals surface area contributed by atoms with Crippen molar-refractivity contribution in [3.63, 3.8) is 0 Å². The largest absolute Gasteiger partial charge is 0.352 e. The van der Waals surface area contributed by atoms with Crippen LogP contribution in [0.4, 0.5) is 16.2 Å². The number of halogens is 1. The van der Waals surface area contributed by atoms with Crippen LogP contribution in [0.15, 0.2) is 48.5 Å². The second-order valence-electron chi connectivity index (χ2n) is 7.49. The Hall–Kier alpha value is -2.57. The molecule has 2 unspecified atom stereocenters. The zero-order valence-electron chi connectivity index (χ0n) is 16.6. The van der Waals surface area contributed by atoms with Crippen LogP contribution in [-0.4, -0.2) is 18.0 Å². The third-order valence-electron chi connectivity index (χ3n) is 5.01. The van der Waals surface area contributed by atoms with Gasteiger partial charge in [-0.2, -0.15) is 0 Å². The summed E-state index contributed by atoms with van der Waals surface area (Å²) in [6.45, 7) is 2.40. The average Bonchev–Trinajstić information content (AvgIpc) is 2.66. The van der Waals surface area contributed by atoms with Crippen molar-refractivity contribution in [1.29, 1.82) is 0 Å². The highest BCUT2D eigenvalue weighted by molar-refractivity contribution is 5.99. The van der Waals surface area contributed by atoms with E-state index in [-0.39, 0.29) is 36.3 Å². The maximum Gasteiger partial charge on any atom is 0.323 e. The molecular weight excluding hydrogens is 388 g/mol. The van der Waals surface area contributed by atoms with Crippen LogP contribution in [0.2, 0.25) is 0 Å². The summed E-state index contributed by atoms with van der Waals surface area (Å²) in [7, 11) is 0. The van der Waals surface area contributed by atoms with Crippen molar-refractivity contribution in [3.8, 4) is 0 Å². The molecule has 1 fully saturated rings. The number of amides is 3. The van der Waals surface area contributed by atoms with E-state index >= 15 is 0 Å². The number of benzene rings is 2. The van der Waals surface area contributed by atoms with Gasteiger partial charge in [0.15, 0.2) is 0 Å². The predicted molar refractivity (Wildman–Crippen MR) is 119 cm³/mol. The van der Waals surface area contributed by atoms with E-state index in [0.717, 1.165) is 42.5 Å². The van der Waals surface area contributed by atoms with Crippen molar-refractivity contribution in [3.05, 3.63) is 59.7 Å². The number of aryl methyl sites for hydroxylation is 1. The van der Waals surface area contributed by atoms with Crippen LogP contribution in [0.5, 0.6) is 0 Å². The Labute approximate surface area is 178 Å². The lowest BCUT2D eigenvalue weighted by Crippen LogP contribution is -2.37. The first-order valence-corrected chi connectivity index (χ1v) is 9.76. The topological polar surface area (TPSA) is 96.2 Å². The Morgan fingerprint density at radius 3 is 2.41 bits per heavy atom. The molecule has 1 saturated carbocycles. The molecular formula is C22H29ClN4O2. The maximum absolute atomic E-state index is 12.4. The standard InChI is InChI=1S/C22H28N4O2.ClH/c1-15-5-2-9-19(11-15)25-22(28)26-20-10-3-6-16(12-20)14-24-21(27)17-7-4-8-18(23)13-17;/h2-3,5-6,9-12,17-18H,4,7-8,13-14,23H2,1H3,(H,24,27)(H2,25,26,28);1H. The number of anilines is 2. The number of nitrogens with two attached hydrogens (primary N) is 1. The highest BCUT2D eigenvalue weighted by Crippen LogP contribution is 2.23. The summed E-state index contributed by atoms with van der Waals surface area (Å²) in [6, 6.07) is 14.9. The molecule has 0 aliphatic heterocycles. The second-order valence-corrected chi connectivity index (χ2v) is 7.49. The Balaban J connectivity index is 0.00000300. The quantitative estimate of drug-likeness (QED) is 0.588. The normalized spacial score (nSPS) is 18.3. The molecule has 3 rings (SSSR count). The number of carbonyl (C=O) groups excluding carboxylic acids is 2. The molecule has 2 aromatic rings. The van der Waals surface area contributed by atoms with Gasteiger partial charge in [0.25, 0.3) is 0 Å². The molecule has 2 atom stereocenters. The van der Waals surface area contributed by atoms with Gasteiger partial charge >= 0.3 is 6.03 Å². The van der Waals surface area contributed by atoms with E-state index in [0.29, 0.717) is 12.2 Å². The first kappa shape index (κ1) is 22.7. The number of hydrogen-bond donors (Lipinski definition) is 4. The zero-order valence-corrected chi connectivity index (χ0v) is 17.4. The predicted octanol–water partition coefficient (Wildman–Crippen LogP) is 4.19. The molecule has 0 saturated heterocycles. The van der Waals surface area contributed by atoms with E-state index in [4.69, 9.17) is 5.73 Å². The summed E-state index contributed by atoms with van der Waals surface area (Å²) in [4.78, 5) is 24.6. The molecule has 0 spiro atoms. The molecule has 3 amide bonds. The van der Waals surface area contributed by atoms with Gasteiger partial charge in [0.05, 0.1) is 0 Å². The van der Waals surface area contributed by atoms with Crippen LogP contribution < -0.4 is 21.7 Å². The smallest absolute Gasteiger partial charge is 0.323 e. The van der Waals surface area contributed by atoms with Gasteiger partial charge in [0.2, 0.25) is 5.91 Å². The lowest BCUT2D eigenvalue weighted by molar-refractivity contribution is -0.126. The van der Waals surface area contributed by atoms with E-state index in [2.05, 4.69) is 16.0 Å². The number of carbonyl (C=O) groups is 2. The molecule has 7 heteroatoms. The Bertz CT molecular complexity index is 843. The summed E-state index contributed by atoms with van der Waals surface area (Å²) in [6.07, 6.45) is 3.67. The monoisotopic (exact) mass is 416 g/mol. The molecule has 0 bridgehead atoms. The molecule has 5 N–H and O–H groups in total. The van der Waals surface area contributed by atoms with Crippen LogP contribution in [0, 0.1) is 12.8 Å². The minimum absolute atomic E-state index is 0. The Morgan fingerprint density at radius 2 is 1.72 bits per heavy atom. The van der Waals surface area contributed by atoms with Crippen molar-refractivity contribution in [2.24, 2.45) is 11.7 Å². The van der Waals surface area contributed by atoms with Gasteiger partial charge < -0.3 is 21.7 Å². The third-order valence-corrected chi connectivity index (χ3v) is 5.01. The van der Waals surface area contributed by atoms with Gasteiger partial charge in [-0.05, 0) is 61.6 Å². The number of urea groups is 1. The molecule has 1 aliphatic rings. The second kappa shape index (κ2) is 10.8. The lowest BCUT2D eigenvalue weighted by Gasteiger charge is -2.25. The molecule has 1 aliphatic carbocycles. The Kier molecular flexibility index (Phi) is 8.49. The Morgan fingerprint density at radius 1 is 1.03 bits per heavy atom. The molecule has 0 radical (unpaired) electrons. The van der Waals surface area contributed by atoms with Gasteiger partial charge in [0.1, 0.15) is 0 Å². The van der Waals surface area contributed by atoms with E-state index in [1.807, 2.05) is 55.5 Å². The molecule has 0 heterocycles. The minimum Gasteiger partial charge on any atom is -0.352 e. The molecule has 0 aromatic heterocycles. The fourth-order valence-electron chi connectivity index (χ4n) is 3.57. The summed E-state index contributed by atoms with van der Waals surface area (Å²) < 4.78 is 0.